The zero-order chi connectivity index (χ0) is 18.2. The summed E-state index contributed by atoms with van der Waals surface area (Å²) < 4.78 is 1.65. The van der Waals surface area contributed by atoms with Gasteiger partial charge in [-0.1, -0.05) is 0 Å². The quantitative estimate of drug-likeness (QED) is 0.821. The van der Waals surface area contributed by atoms with Gasteiger partial charge in [0.1, 0.15) is 0 Å². The minimum Gasteiger partial charge on any atom is -0.346 e. The average molecular weight is 342 g/mol. The van der Waals surface area contributed by atoms with E-state index < -0.39 is 5.54 Å². The summed E-state index contributed by atoms with van der Waals surface area (Å²) in [5.41, 5.74) is 0.643. The van der Waals surface area contributed by atoms with Gasteiger partial charge in [0, 0.05) is 45.8 Å². The molecule has 3 heterocycles. The average Bonchev–Trinajstić information content (AvgIpc) is 3.20. The lowest BCUT2D eigenvalue weighted by Crippen LogP contribution is -2.55. The van der Waals surface area contributed by atoms with Crippen LogP contribution in [0.5, 0.6) is 0 Å². The molecule has 25 heavy (non-hydrogen) atoms. The Kier molecular flexibility index (Phi) is 4.28. The van der Waals surface area contributed by atoms with E-state index in [9.17, 15) is 9.59 Å². The van der Waals surface area contributed by atoms with Gasteiger partial charge in [0.25, 0.3) is 11.8 Å². The van der Waals surface area contributed by atoms with Gasteiger partial charge in [0.05, 0.1) is 23.7 Å². The Labute approximate surface area is 146 Å². The molecule has 2 aromatic heterocycles. The second kappa shape index (κ2) is 6.27. The fraction of sp³-hybridized carbons (Fsp3) is 0.471. The normalized spacial score (nSPS) is 19.9. The molecule has 132 valence electrons. The van der Waals surface area contributed by atoms with Crippen molar-refractivity contribution in [2.75, 3.05) is 20.6 Å². The van der Waals surface area contributed by atoms with Gasteiger partial charge in [-0.15, -0.1) is 0 Å². The monoisotopic (exact) mass is 342 g/mol. The van der Waals surface area contributed by atoms with Gasteiger partial charge in [0.2, 0.25) is 0 Å². The van der Waals surface area contributed by atoms with Crippen LogP contribution in [0.15, 0.2) is 24.8 Å². The number of likely N-dealkylation sites (N-methyl/N-ethyl adjacent to an activating group) is 1. The minimum atomic E-state index is -1.13. The predicted molar refractivity (Wildman–Crippen MR) is 90.6 cm³/mol. The van der Waals surface area contributed by atoms with E-state index in [1.165, 1.54) is 4.90 Å². The first-order chi connectivity index (χ1) is 11.9. The van der Waals surface area contributed by atoms with Crippen LogP contribution in [0.2, 0.25) is 0 Å². The van der Waals surface area contributed by atoms with E-state index in [0.29, 0.717) is 24.2 Å². The van der Waals surface area contributed by atoms with Crippen LogP contribution in [0.3, 0.4) is 0 Å². The zero-order valence-corrected chi connectivity index (χ0v) is 14.9. The first kappa shape index (κ1) is 17.1. The Morgan fingerprint density at radius 3 is 2.56 bits per heavy atom. The fourth-order valence-electron chi connectivity index (χ4n) is 3.43. The Morgan fingerprint density at radius 1 is 1.24 bits per heavy atom. The maximum absolute atomic E-state index is 13.3. The van der Waals surface area contributed by atoms with E-state index in [1.54, 1.807) is 55.5 Å². The van der Waals surface area contributed by atoms with Crippen molar-refractivity contribution in [3.8, 4) is 0 Å². The van der Waals surface area contributed by atoms with E-state index in [-0.39, 0.29) is 11.8 Å². The van der Waals surface area contributed by atoms with Crippen LogP contribution in [-0.4, -0.2) is 62.0 Å². The van der Waals surface area contributed by atoms with Crippen LogP contribution in [0.1, 0.15) is 34.6 Å². The SMILES string of the molecule is Cc1c(C(=O)N2CCCC2(C(=O)N(C)C)c2cnccn2)cnn1C. The number of hydrogen-bond donors (Lipinski definition) is 0. The van der Waals surface area contributed by atoms with Crippen molar-refractivity contribution in [3.05, 3.63) is 41.7 Å². The molecule has 2 aromatic rings. The molecule has 2 amide bonds. The van der Waals surface area contributed by atoms with Crippen molar-refractivity contribution in [2.24, 2.45) is 7.05 Å². The maximum Gasteiger partial charge on any atom is 0.258 e. The Balaban J connectivity index is 2.12. The summed E-state index contributed by atoms with van der Waals surface area (Å²) in [7, 11) is 5.17. The van der Waals surface area contributed by atoms with Crippen LogP contribution in [0.25, 0.3) is 0 Å². The first-order valence-electron chi connectivity index (χ1n) is 8.18. The molecule has 8 nitrogen and oxygen atoms in total. The first-order valence-corrected chi connectivity index (χ1v) is 8.18. The van der Waals surface area contributed by atoms with Crippen molar-refractivity contribution < 1.29 is 9.59 Å². The molecule has 8 heteroatoms. The van der Waals surface area contributed by atoms with Crippen LogP contribution >= 0.6 is 0 Å². The molecule has 1 aliphatic heterocycles. The largest absolute Gasteiger partial charge is 0.346 e. The number of aryl methyl sites for hydroxylation is 1. The summed E-state index contributed by atoms with van der Waals surface area (Å²) >= 11 is 0. The number of aromatic nitrogens is 4. The van der Waals surface area contributed by atoms with Gasteiger partial charge in [-0.2, -0.15) is 5.10 Å². The van der Waals surface area contributed by atoms with Crippen LogP contribution < -0.4 is 0 Å². The van der Waals surface area contributed by atoms with Crippen LogP contribution in [0.4, 0.5) is 0 Å². The number of likely N-dealkylation sites (tertiary alicyclic amines) is 1. The number of carbonyl (C=O) groups excluding carboxylic acids is 2. The van der Waals surface area contributed by atoms with Crippen molar-refractivity contribution >= 4 is 11.8 Å². The molecule has 0 aliphatic carbocycles. The predicted octanol–water partition coefficient (Wildman–Crippen LogP) is 0.738. The molecule has 0 aromatic carbocycles. The molecule has 3 rings (SSSR count). The van der Waals surface area contributed by atoms with Gasteiger partial charge < -0.3 is 9.80 Å². The van der Waals surface area contributed by atoms with Gasteiger partial charge >= 0.3 is 0 Å². The Morgan fingerprint density at radius 2 is 2.00 bits per heavy atom. The van der Waals surface area contributed by atoms with Crippen molar-refractivity contribution in [1.82, 2.24) is 29.5 Å². The van der Waals surface area contributed by atoms with Gasteiger partial charge in [-0.3, -0.25) is 24.2 Å². The van der Waals surface area contributed by atoms with Crippen molar-refractivity contribution in [2.45, 2.75) is 25.3 Å². The van der Waals surface area contributed by atoms with E-state index in [0.717, 1.165) is 12.1 Å². The summed E-state index contributed by atoms with van der Waals surface area (Å²) in [4.78, 5) is 38.0. The summed E-state index contributed by atoms with van der Waals surface area (Å²) in [5.74, 6) is -0.371. The van der Waals surface area contributed by atoms with Crippen molar-refractivity contribution in [1.29, 1.82) is 0 Å². The third kappa shape index (κ3) is 2.57. The summed E-state index contributed by atoms with van der Waals surface area (Å²) in [6.45, 7) is 2.33. The fourth-order valence-corrected chi connectivity index (χ4v) is 3.43. The lowest BCUT2D eigenvalue weighted by Gasteiger charge is -2.38. The van der Waals surface area contributed by atoms with E-state index in [4.69, 9.17) is 0 Å². The number of carbonyl (C=O) groups is 2. The molecule has 1 unspecified atom stereocenters. The second-order valence-corrected chi connectivity index (χ2v) is 6.48. The molecular weight excluding hydrogens is 320 g/mol. The van der Waals surface area contributed by atoms with Gasteiger partial charge in [-0.05, 0) is 19.8 Å². The highest BCUT2D eigenvalue weighted by atomic mass is 16.2. The highest BCUT2D eigenvalue weighted by Crippen LogP contribution is 2.40. The molecule has 0 saturated carbocycles. The minimum absolute atomic E-state index is 0.166. The standard InChI is InChI=1S/C17H22N6O2/c1-12-13(10-20-22(12)4)15(24)23-9-5-6-17(23,16(25)21(2)3)14-11-18-7-8-19-14/h7-8,10-11H,5-6,9H2,1-4H3. The van der Waals surface area contributed by atoms with Crippen molar-refractivity contribution in [3.63, 3.8) is 0 Å². The number of nitrogens with zero attached hydrogens (tertiary/aromatic N) is 6. The van der Waals surface area contributed by atoms with E-state index in [2.05, 4.69) is 15.1 Å². The van der Waals surface area contributed by atoms with E-state index >= 15 is 0 Å². The highest BCUT2D eigenvalue weighted by molar-refractivity contribution is 6.00. The molecule has 0 spiro atoms. The number of hydrogen-bond acceptors (Lipinski definition) is 5. The molecule has 1 atom stereocenters. The summed E-state index contributed by atoms with van der Waals surface area (Å²) in [5, 5.41) is 4.15. The molecule has 1 fully saturated rings. The van der Waals surface area contributed by atoms with Gasteiger partial charge in [-0.25, -0.2) is 0 Å². The Hall–Kier alpha value is -2.77. The van der Waals surface area contributed by atoms with E-state index in [1.807, 2.05) is 6.92 Å². The highest BCUT2D eigenvalue weighted by Gasteiger charge is 2.53. The third-order valence-corrected chi connectivity index (χ3v) is 4.84. The molecule has 0 N–H and O–H groups in total. The summed E-state index contributed by atoms with van der Waals surface area (Å²) in [6.07, 6.45) is 7.48. The molecule has 1 saturated heterocycles. The van der Waals surface area contributed by atoms with Crippen LogP contribution in [0, 0.1) is 6.92 Å². The molecule has 0 bridgehead atoms. The molecular formula is C17H22N6O2. The Bertz CT molecular complexity index is 801. The summed E-state index contributed by atoms with van der Waals surface area (Å²) in [6, 6.07) is 0. The topological polar surface area (TPSA) is 84.2 Å². The lowest BCUT2D eigenvalue weighted by atomic mass is 9.89. The third-order valence-electron chi connectivity index (χ3n) is 4.84. The zero-order valence-electron chi connectivity index (χ0n) is 14.9. The number of amides is 2. The van der Waals surface area contributed by atoms with Gasteiger partial charge in [0.15, 0.2) is 5.54 Å². The smallest absolute Gasteiger partial charge is 0.258 e. The lowest BCUT2D eigenvalue weighted by molar-refractivity contribution is -0.140. The number of rotatable bonds is 3. The molecule has 1 aliphatic rings. The maximum atomic E-state index is 13.3. The van der Waals surface area contributed by atoms with Crippen LogP contribution in [-0.2, 0) is 17.4 Å². The second-order valence-electron chi connectivity index (χ2n) is 6.48. The molecule has 0 radical (unpaired) electrons.